The molecule has 2 fully saturated rings. The third-order valence-corrected chi connectivity index (χ3v) is 6.00. The van der Waals surface area contributed by atoms with Gasteiger partial charge in [0.1, 0.15) is 5.54 Å². The normalized spacial score (nSPS) is 28.5. The van der Waals surface area contributed by atoms with Gasteiger partial charge in [-0.2, -0.15) is 0 Å². The molecule has 4 rings (SSSR count). The molecule has 0 unspecified atom stereocenters. The zero-order valence-electron chi connectivity index (χ0n) is 16.6. The molecule has 7 heteroatoms. The number of aromatic nitrogens is 1. The Morgan fingerprint density at radius 3 is 2.48 bits per heavy atom. The van der Waals surface area contributed by atoms with Gasteiger partial charge in [0.15, 0.2) is 0 Å². The van der Waals surface area contributed by atoms with Crippen molar-refractivity contribution in [3.63, 3.8) is 0 Å². The Bertz CT molecular complexity index is 977. The van der Waals surface area contributed by atoms with Gasteiger partial charge in [-0.25, -0.2) is 4.90 Å². The predicted molar refractivity (Wildman–Crippen MR) is 106 cm³/mol. The summed E-state index contributed by atoms with van der Waals surface area (Å²) in [6.45, 7) is 3.68. The van der Waals surface area contributed by atoms with Crippen LogP contribution in [0, 0.1) is 18.8 Å². The highest BCUT2D eigenvalue weighted by Crippen LogP contribution is 2.50. The monoisotopic (exact) mass is 393 g/mol. The Labute approximate surface area is 169 Å². The van der Waals surface area contributed by atoms with Crippen molar-refractivity contribution in [2.45, 2.75) is 31.8 Å². The van der Waals surface area contributed by atoms with E-state index in [1.54, 1.807) is 24.3 Å². The van der Waals surface area contributed by atoms with Crippen LogP contribution in [0.15, 0.2) is 48.5 Å². The van der Waals surface area contributed by atoms with Gasteiger partial charge in [0, 0.05) is 5.69 Å². The molecule has 4 atom stereocenters. The van der Waals surface area contributed by atoms with Crippen LogP contribution in [0.1, 0.15) is 30.8 Å². The van der Waals surface area contributed by atoms with Crippen molar-refractivity contribution in [1.82, 2.24) is 10.3 Å². The summed E-state index contributed by atoms with van der Waals surface area (Å²) in [5, 5.41) is 3.28. The number of para-hydroxylation sites is 1. The molecule has 3 heterocycles. The van der Waals surface area contributed by atoms with Crippen LogP contribution in [-0.4, -0.2) is 35.4 Å². The molecule has 0 aliphatic carbocycles. The molecule has 2 aliphatic heterocycles. The number of carbonyl (C=O) groups excluding carboxylic acids is 3. The van der Waals surface area contributed by atoms with Crippen LogP contribution in [0.5, 0.6) is 0 Å². The second-order valence-electron chi connectivity index (χ2n) is 7.49. The lowest BCUT2D eigenvalue weighted by Crippen LogP contribution is -2.56. The average Bonchev–Trinajstić information content (AvgIpc) is 3.22. The number of nitrogens with one attached hydrogen (secondary N) is 1. The Hall–Kier alpha value is -3.06. The molecule has 1 N–H and O–H groups in total. The number of carbonyl (C=O) groups is 3. The van der Waals surface area contributed by atoms with E-state index in [0.29, 0.717) is 17.8 Å². The fourth-order valence-corrected chi connectivity index (χ4v) is 4.66. The van der Waals surface area contributed by atoms with E-state index in [9.17, 15) is 14.4 Å². The quantitative estimate of drug-likeness (QED) is 0.633. The summed E-state index contributed by atoms with van der Waals surface area (Å²) < 4.78 is 5.07. The van der Waals surface area contributed by atoms with Gasteiger partial charge in [0.25, 0.3) is 0 Å². The minimum absolute atomic E-state index is 0.310. The second-order valence-corrected chi connectivity index (χ2v) is 7.49. The number of anilines is 1. The van der Waals surface area contributed by atoms with E-state index in [1.165, 1.54) is 12.0 Å². The number of benzene rings is 1. The topological polar surface area (TPSA) is 88.6 Å². The zero-order valence-corrected chi connectivity index (χ0v) is 16.6. The first-order valence-electron chi connectivity index (χ1n) is 9.67. The standard InChI is InChI=1S/C22H23N3O4/c1-4-22(21(28)29-3)17-16(18(24-22)15-12-8-9-13(2)23-15)19(26)25(20(17)27)14-10-6-5-7-11-14/h5-12,16-18,24H,4H2,1-3H3/t16-,17-,18-,22-/m0/s1. The number of methoxy groups -OCH3 is 1. The minimum Gasteiger partial charge on any atom is -0.468 e. The van der Waals surface area contributed by atoms with Crippen molar-refractivity contribution in [2.24, 2.45) is 11.8 Å². The predicted octanol–water partition coefficient (Wildman–Crippen LogP) is 2.16. The largest absolute Gasteiger partial charge is 0.468 e. The van der Waals surface area contributed by atoms with Crippen LogP contribution in [0.4, 0.5) is 5.69 Å². The minimum atomic E-state index is -1.29. The smallest absolute Gasteiger partial charge is 0.326 e. The molecule has 0 bridgehead atoms. The third-order valence-electron chi connectivity index (χ3n) is 6.00. The molecule has 2 aliphatic rings. The van der Waals surface area contributed by atoms with Gasteiger partial charge in [0.2, 0.25) is 11.8 Å². The van der Waals surface area contributed by atoms with E-state index in [-0.39, 0.29) is 11.8 Å². The molecule has 2 saturated heterocycles. The summed E-state index contributed by atoms with van der Waals surface area (Å²) in [4.78, 5) is 45.6. The van der Waals surface area contributed by atoms with Gasteiger partial charge in [-0.05, 0) is 37.6 Å². The van der Waals surface area contributed by atoms with Crippen LogP contribution in [-0.2, 0) is 19.1 Å². The van der Waals surface area contributed by atoms with Crippen LogP contribution in [0.25, 0.3) is 0 Å². The van der Waals surface area contributed by atoms with Gasteiger partial charge < -0.3 is 4.74 Å². The number of esters is 1. The molecule has 150 valence electrons. The Morgan fingerprint density at radius 1 is 1.14 bits per heavy atom. The third kappa shape index (κ3) is 2.76. The number of aryl methyl sites for hydroxylation is 1. The second kappa shape index (κ2) is 7.08. The number of nitrogens with zero attached hydrogens (tertiary/aromatic N) is 2. The summed E-state index contributed by atoms with van der Waals surface area (Å²) in [5.74, 6) is -2.86. The van der Waals surface area contributed by atoms with E-state index >= 15 is 0 Å². The number of fused-ring (bicyclic) bond motifs is 1. The van der Waals surface area contributed by atoms with Crippen LogP contribution < -0.4 is 10.2 Å². The van der Waals surface area contributed by atoms with E-state index in [2.05, 4.69) is 10.3 Å². The van der Waals surface area contributed by atoms with Crippen LogP contribution in [0.2, 0.25) is 0 Å². The van der Waals surface area contributed by atoms with Crippen molar-refractivity contribution >= 4 is 23.5 Å². The summed E-state index contributed by atoms with van der Waals surface area (Å²) in [6.07, 6.45) is 0.310. The van der Waals surface area contributed by atoms with E-state index in [1.807, 2.05) is 38.1 Å². The molecule has 0 radical (unpaired) electrons. The number of ether oxygens (including phenoxy) is 1. The van der Waals surface area contributed by atoms with Crippen molar-refractivity contribution in [3.05, 3.63) is 59.9 Å². The molecule has 7 nitrogen and oxygen atoms in total. The molecule has 29 heavy (non-hydrogen) atoms. The maximum Gasteiger partial charge on any atom is 0.326 e. The first kappa shape index (κ1) is 19.3. The summed E-state index contributed by atoms with van der Waals surface area (Å²) in [7, 11) is 1.30. The molecule has 1 aromatic carbocycles. The van der Waals surface area contributed by atoms with Gasteiger partial charge in [-0.1, -0.05) is 31.2 Å². The lowest BCUT2D eigenvalue weighted by molar-refractivity contribution is -0.152. The molecule has 2 amide bonds. The van der Waals surface area contributed by atoms with E-state index < -0.39 is 29.4 Å². The van der Waals surface area contributed by atoms with Crippen LogP contribution >= 0.6 is 0 Å². The number of amides is 2. The van der Waals surface area contributed by atoms with Crippen molar-refractivity contribution < 1.29 is 19.1 Å². The van der Waals surface area contributed by atoms with Gasteiger partial charge in [-0.3, -0.25) is 24.7 Å². The number of imide groups is 1. The molecular weight excluding hydrogens is 370 g/mol. The average molecular weight is 393 g/mol. The lowest BCUT2D eigenvalue weighted by Gasteiger charge is -2.31. The maximum atomic E-state index is 13.5. The summed E-state index contributed by atoms with van der Waals surface area (Å²) in [6, 6.07) is 13.8. The number of hydrogen-bond acceptors (Lipinski definition) is 6. The number of hydrogen-bond donors (Lipinski definition) is 1. The highest BCUT2D eigenvalue weighted by molar-refractivity contribution is 6.24. The molecular formula is C22H23N3O4. The lowest BCUT2D eigenvalue weighted by atomic mass is 9.78. The van der Waals surface area contributed by atoms with E-state index in [4.69, 9.17) is 4.74 Å². The first-order chi connectivity index (χ1) is 13.9. The molecule has 1 aromatic heterocycles. The number of pyridine rings is 1. The van der Waals surface area contributed by atoms with Gasteiger partial charge >= 0.3 is 5.97 Å². The summed E-state index contributed by atoms with van der Waals surface area (Å²) >= 11 is 0. The van der Waals surface area contributed by atoms with Gasteiger partial charge in [-0.15, -0.1) is 0 Å². The SMILES string of the molecule is CC[C@]1(C(=O)OC)N[C@@H](c2cccc(C)n2)[C@H]2C(=O)N(c3ccccc3)C(=O)[C@H]21. The van der Waals surface area contributed by atoms with Crippen LogP contribution in [0.3, 0.4) is 0 Å². The fraction of sp³-hybridized carbons (Fsp3) is 0.364. The molecule has 2 aromatic rings. The highest BCUT2D eigenvalue weighted by atomic mass is 16.5. The zero-order chi connectivity index (χ0) is 20.8. The van der Waals surface area contributed by atoms with Crippen molar-refractivity contribution in [2.75, 3.05) is 12.0 Å². The van der Waals surface area contributed by atoms with E-state index in [0.717, 1.165) is 5.69 Å². The Kier molecular flexibility index (Phi) is 4.70. The Morgan fingerprint density at radius 2 is 1.86 bits per heavy atom. The highest BCUT2D eigenvalue weighted by Gasteiger charge is 2.68. The fourth-order valence-electron chi connectivity index (χ4n) is 4.66. The number of rotatable bonds is 4. The first-order valence-corrected chi connectivity index (χ1v) is 9.67. The van der Waals surface area contributed by atoms with Gasteiger partial charge in [0.05, 0.1) is 36.4 Å². The maximum absolute atomic E-state index is 13.5. The Balaban J connectivity index is 1.87. The summed E-state index contributed by atoms with van der Waals surface area (Å²) in [5.41, 5.74) is 0.647. The van der Waals surface area contributed by atoms with Crippen molar-refractivity contribution in [3.8, 4) is 0 Å². The molecule has 0 saturated carbocycles. The molecule has 0 spiro atoms. The van der Waals surface area contributed by atoms with Crippen molar-refractivity contribution in [1.29, 1.82) is 0 Å².